The Morgan fingerprint density at radius 1 is 0.477 bits per heavy atom. The fourth-order valence-electron chi connectivity index (χ4n) is 8.80. The van der Waals surface area contributed by atoms with Crippen LogP contribution in [0.3, 0.4) is 0 Å². The second-order valence-electron chi connectivity index (χ2n) is 21.9. The second kappa shape index (κ2) is 38.5. The van der Waals surface area contributed by atoms with E-state index in [1.165, 1.54) is 6.92 Å². The lowest BCUT2D eigenvalue weighted by Gasteiger charge is -2.30. The summed E-state index contributed by atoms with van der Waals surface area (Å²) in [4.78, 5) is 210. The maximum atomic E-state index is 14.2. The summed E-state index contributed by atoms with van der Waals surface area (Å²) in [5.74, 6) is -20.0. The van der Waals surface area contributed by atoms with Gasteiger partial charge in [-0.25, -0.2) is 4.79 Å². The molecule has 1 aliphatic rings. The van der Waals surface area contributed by atoms with E-state index in [9.17, 15) is 102 Å². The minimum Gasteiger partial charge on any atom is -0.481 e. The summed E-state index contributed by atoms with van der Waals surface area (Å²) >= 11 is 0. The van der Waals surface area contributed by atoms with Crippen LogP contribution in [-0.2, 0) is 76.7 Å². The van der Waals surface area contributed by atoms with Gasteiger partial charge in [-0.05, 0) is 83.1 Å². The molecule has 0 aromatic carbocycles. The zero-order chi connectivity index (χ0) is 67.3. The number of likely N-dealkylation sites (tertiary alicyclic amines) is 1. The zero-order valence-corrected chi connectivity index (χ0v) is 49.7. The monoisotopic (exact) mass is 1260 g/mol. The molecule has 0 saturated carbocycles. The van der Waals surface area contributed by atoms with Crippen LogP contribution in [0.25, 0.3) is 0 Å². The number of carboxylic acid groups (broad SMARTS) is 3. The van der Waals surface area contributed by atoms with Gasteiger partial charge in [0.25, 0.3) is 0 Å². The van der Waals surface area contributed by atoms with Gasteiger partial charge in [0, 0.05) is 19.4 Å². The fourth-order valence-corrected chi connectivity index (χ4v) is 8.80. The number of carboxylic acids is 3. The number of aliphatic hydroxyl groups excluding tert-OH is 2. The van der Waals surface area contributed by atoms with Crippen LogP contribution in [0.2, 0.25) is 0 Å². The van der Waals surface area contributed by atoms with Crippen molar-refractivity contribution in [2.75, 3.05) is 19.7 Å². The van der Waals surface area contributed by atoms with Crippen LogP contribution < -0.4 is 76.5 Å². The van der Waals surface area contributed by atoms with E-state index in [4.69, 9.17) is 28.7 Å². The average Bonchev–Trinajstić information content (AvgIpc) is 4.14. The molecule has 0 unspecified atom stereocenters. The number of rotatable bonds is 42. The quantitative estimate of drug-likeness (QED) is 0.0252. The molecule has 0 aromatic rings. The van der Waals surface area contributed by atoms with Crippen LogP contribution in [-0.4, -0.2) is 217 Å². The number of nitrogens with zero attached hydrogens (tertiary/aromatic N) is 1. The predicted molar refractivity (Wildman–Crippen MR) is 303 cm³/mol. The standard InChI is InChI=1S/C52H87N15O21/c1-23(2)17-29(61-46(81)31(19-37(55)71)63-45(80)30(18-24(3)4)62-48(83)34(22-68)66-50(85)41(57)25(5)69)44(79)59-27(11-13-36(54)70)43(78)58-26(9-6-7-15-53)42(77)64-32(21-40(75)76)47(82)60-28(12-14-39(73)74)51(86)67-16-8-10-35(67)49(84)65-33(52(87)88)20-38(56)72/h23-35,41,68-69H,6-22,53,57H2,1-5H3,(H2,54,70)(H2,55,71)(H2,56,72)(H,58,78)(H,59,79)(H,60,82)(H,61,81)(H,62,83)(H,63,80)(H,64,77)(H,65,84)(H,66,85)(H,73,74)(H,75,76)(H,87,88)/t25-,26+,27+,28+,29+,30+,31+,32+,33+,34+,35+,41+/m1/s1. The van der Waals surface area contributed by atoms with Gasteiger partial charge in [0.1, 0.15) is 66.5 Å². The highest BCUT2D eigenvalue weighted by atomic mass is 16.4. The molecule has 0 aliphatic carbocycles. The number of unbranched alkanes of at least 4 members (excludes halogenated alkanes) is 1. The topological polar surface area (TPSA) is 616 Å². The van der Waals surface area contributed by atoms with Gasteiger partial charge in [-0.15, -0.1) is 0 Å². The van der Waals surface area contributed by atoms with Gasteiger partial charge in [0.2, 0.25) is 76.8 Å². The van der Waals surface area contributed by atoms with Gasteiger partial charge < -0.3 is 107 Å². The van der Waals surface area contributed by atoms with Gasteiger partial charge in [-0.2, -0.15) is 0 Å². The molecule has 0 aromatic heterocycles. The third kappa shape index (κ3) is 28.3. The number of nitrogens with two attached hydrogens (primary N) is 5. The van der Waals surface area contributed by atoms with Gasteiger partial charge in [-0.1, -0.05) is 27.7 Å². The summed E-state index contributed by atoms with van der Waals surface area (Å²) in [5, 5.41) is 69.1. The van der Waals surface area contributed by atoms with Gasteiger partial charge >= 0.3 is 17.9 Å². The van der Waals surface area contributed by atoms with E-state index >= 15 is 0 Å². The Balaban J connectivity index is 3.61. The lowest BCUT2D eigenvalue weighted by molar-refractivity contribution is -0.146. The van der Waals surface area contributed by atoms with Gasteiger partial charge in [-0.3, -0.25) is 71.9 Å². The van der Waals surface area contributed by atoms with Gasteiger partial charge in [0.15, 0.2) is 0 Å². The Labute approximate surface area is 505 Å². The van der Waals surface area contributed by atoms with Crippen molar-refractivity contribution in [2.45, 2.75) is 197 Å². The Kier molecular flexibility index (Phi) is 33.9. The number of nitrogens with one attached hydrogen (secondary N) is 9. The first kappa shape index (κ1) is 77.4. The van der Waals surface area contributed by atoms with Crippen molar-refractivity contribution in [2.24, 2.45) is 40.5 Å². The maximum absolute atomic E-state index is 14.2. The summed E-state index contributed by atoms with van der Waals surface area (Å²) in [5.41, 5.74) is 27.3. The molecular weight excluding hydrogens is 1170 g/mol. The molecule has 1 aliphatic heterocycles. The highest BCUT2D eigenvalue weighted by Gasteiger charge is 2.41. The first-order valence-corrected chi connectivity index (χ1v) is 28.3. The van der Waals surface area contributed by atoms with E-state index in [1.807, 2.05) is 0 Å². The highest BCUT2D eigenvalue weighted by Crippen LogP contribution is 2.21. The van der Waals surface area contributed by atoms with Crippen molar-refractivity contribution in [3.63, 3.8) is 0 Å². The summed E-state index contributed by atoms with van der Waals surface area (Å²) < 4.78 is 0. The highest BCUT2D eigenvalue weighted by molar-refractivity contribution is 6.00. The number of hydrogen-bond donors (Lipinski definition) is 19. The van der Waals surface area contributed by atoms with Crippen molar-refractivity contribution in [1.29, 1.82) is 0 Å². The lowest BCUT2D eigenvalue weighted by atomic mass is 10.00. The van der Waals surface area contributed by atoms with E-state index in [-0.39, 0.29) is 64.0 Å². The van der Waals surface area contributed by atoms with Crippen LogP contribution in [0.4, 0.5) is 0 Å². The summed E-state index contributed by atoms with van der Waals surface area (Å²) in [7, 11) is 0. The molecule has 88 heavy (non-hydrogen) atoms. The summed E-state index contributed by atoms with van der Waals surface area (Å²) in [6, 6.07) is -18.6. The van der Waals surface area contributed by atoms with E-state index in [0.717, 1.165) is 4.90 Å². The van der Waals surface area contributed by atoms with Crippen LogP contribution in [0.1, 0.15) is 125 Å². The number of carbonyl (C=O) groups is 16. The third-order valence-electron chi connectivity index (χ3n) is 13.4. The van der Waals surface area contributed by atoms with Crippen LogP contribution >= 0.6 is 0 Å². The molecule has 1 saturated heterocycles. The summed E-state index contributed by atoms with van der Waals surface area (Å²) in [6.45, 7) is 6.70. The number of primary amides is 3. The molecule has 0 spiro atoms. The van der Waals surface area contributed by atoms with E-state index in [1.54, 1.807) is 27.7 Å². The number of aliphatic carboxylic acids is 3. The first-order valence-electron chi connectivity index (χ1n) is 28.3. The molecule has 36 nitrogen and oxygen atoms in total. The Morgan fingerprint density at radius 3 is 1.32 bits per heavy atom. The van der Waals surface area contributed by atoms with E-state index in [2.05, 4.69) is 47.9 Å². The lowest BCUT2D eigenvalue weighted by Crippen LogP contribution is -2.61. The number of hydrogen-bond acceptors (Lipinski definition) is 20. The van der Waals surface area contributed by atoms with Crippen molar-refractivity contribution < 1.29 is 102 Å². The molecular formula is C52H87N15O21. The molecule has 496 valence electrons. The maximum Gasteiger partial charge on any atom is 0.326 e. The predicted octanol–water partition coefficient (Wildman–Crippen LogP) is -8.30. The third-order valence-corrected chi connectivity index (χ3v) is 13.4. The fraction of sp³-hybridized carbons (Fsp3) is 0.692. The number of amides is 13. The van der Waals surface area contributed by atoms with Gasteiger partial charge in [0.05, 0.1) is 32.0 Å². The largest absolute Gasteiger partial charge is 0.481 e. The van der Waals surface area contributed by atoms with Crippen LogP contribution in [0.5, 0.6) is 0 Å². The molecule has 36 heteroatoms. The molecule has 1 heterocycles. The first-order chi connectivity index (χ1) is 41.0. The Hall–Kier alpha value is -8.64. The van der Waals surface area contributed by atoms with Crippen LogP contribution in [0.15, 0.2) is 0 Å². The van der Waals surface area contributed by atoms with Crippen molar-refractivity contribution in [1.82, 2.24) is 52.8 Å². The Morgan fingerprint density at radius 2 is 0.886 bits per heavy atom. The van der Waals surface area contributed by atoms with E-state index in [0.29, 0.717) is 0 Å². The molecule has 13 amide bonds. The smallest absolute Gasteiger partial charge is 0.326 e. The zero-order valence-electron chi connectivity index (χ0n) is 49.7. The molecule has 12 atom stereocenters. The average molecular weight is 1260 g/mol. The van der Waals surface area contributed by atoms with Crippen molar-refractivity contribution in [3.8, 4) is 0 Å². The number of aliphatic hydroxyl groups is 2. The minimum absolute atomic E-state index is 0.0492. The van der Waals surface area contributed by atoms with Crippen molar-refractivity contribution in [3.05, 3.63) is 0 Å². The summed E-state index contributed by atoms with van der Waals surface area (Å²) in [6.07, 6.45) is -6.93. The minimum atomic E-state index is -2.07. The van der Waals surface area contributed by atoms with E-state index < -0.39 is 225 Å². The molecule has 1 fully saturated rings. The molecule has 0 radical (unpaired) electrons. The molecule has 0 bridgehead atoms. The normalized spacial score (nSPS) is 16.6. The SMILES string of the molecule is CC(C)C[C@H](NC(=O)[C@H](CC(N)=O)NC(=O)[C@H](CC(C)C)NC(=O)[C@H](CO)NC(=O)[C@@H](N)[C@@H](C)O)C(=O)N[C@@H](CCC(N)=O)C(=O)N[C@@H](CCCCN)C(=O)N[C@@H](CC(=O)O)C(=O)N[C@@H](CCC(=O)O)C(=O)N1CCC[C@H]1C(=O)N[C@@H](CC(N)=O)C(=O)O. The van der Waals surface area contributed by atoms with Crippen molar-refractivity contribution >= 4 is 94.7 Å². The molecule has 1 rings (SSSR count). The molecule has 24 N–H and O–H groups in total. The second-order valence-corrected chi connectivity index (χ2v) is 21.9. The Bertz CT molecular complexity index is 2520. The number of carbonyl (C=O) groups excluding carboxylic acids is 13. The van der Waals surface area contributed by atoms with Crippen LogP contribution in [0, 0.1) is 11.8 Å².